The van der Waals surface area contributed by atoms with E-state index in [9.17, 15) is 17.6 Å². The second-order valence-corrected chi connectivity index (χ2v) is 5.33. The summed E-state index contributed by atoms with van der Waals surface area (Å²) >= 11 is 0. The van der Waals surface area contributed by atoms with Crippen molar-refractivity contribution in [1.29, 1.82) is 0 Å². The lowest BCUT2D eigenvalue weighted by molar-refractivity contribution is 0.0981. The summed E-state index contributed by atoms with van der Waals surface area (Å²) in [7, 11) is -3.66. The number of hydrogen-bond acceptors (Lipinski definition) is 4. The van der Waals surface area contributed by atoms with E-state index in [1.807, 2.05) is 4.72 Å². The summed E-state index contributed by atoms with van der Waals surface area (Å²) in [5.74, 6) is -1.78. The molecule has 0 spiro atoms. The second-order valence-electron chi connectivity index (χ2n) is 3.49. The zero-order valence-electron chi connectivity index (χ0n) is 9.23. The molecule has 0 aliphatic rings. The summed E-state index contributed by atoms with van der Waals surface area (Å²) < 4.78 is 37.5. The van der Waals surface area contributed by atoms with E-state index in [-0.39, 0.29) is 17.0 Å². The predicted molar refractivity (Wildman–Crippen MR) is 62.4 cm³/mol. The van der Waals surface area contributed by atoms with Crippen LogP contribution in [0.5, 0.6) is 0 Å². The topological polar surface area (TPSA) is 89.3 Å². The van der Waals surface area contributed by atoms with E-state index in [4.69, 9.17) is 5.73 Å². The Hall–Kier alpha value is -1.63. The Kier molecular flexibility index (Phi) is 4.06. The average molecular weight is 260 g/mol. The summed E-state index contributed by atoms with van der Waals surface area (Å²) in [5, 5.41) is 0. The molecule has 94 valence electrons. The van der Waals surface area contributed by atoms with E-state index in [2.05, 4.69) is 0 Å². The zero-order chi connectivity index (χ0) is 13.1. The molecule has 0 fully saturated rings. The molecule has 0 atom stereocenters. The quantitative estimate of drug-likeness (QED) is 0.786. The molecule has 17 heavy (non-hydrogen) atoms. The predicted octanol–water partition coefficient (Wildman–Crippen LogP) is 0.877. The SMILES string of the molecule is CCCS(=O)(=O)NC(=O)c1ccc(N)c(F)c1. The normalized spacial score (nSPS) is 11.2. The van der Waals surface area contributed by atoms with Gasteiger partial charge in [0.2, 0.25) is 10.0 Å². The summed E-state index contributed by atoms with van der Waals surface area (Å²) in [4.78, 5) is 11.5. The molecule has 1 aromatic rings. The number of carbonyl (C=O) groups excluding carboxylic acids is 1. The number of carbonyl (C=O) groups is 1. The number of anilines is 1. The van der Waals surface area contributed by atoms with Crippen molar-refractivity contribution in [3.63, 3.8) is 0 Å². The van der Waals surface area contributed by atoms with E-state index in [0.717, 1.165) is 6.07 Å². The maximum atomic E-state index is 13.1. The molecule has 0 aliphatic heterocycles. The summed E-state index contributed by atoms with van der Waals surface area (Å²) in [5.41, 5.74) is 5.05. The van der Waals surface area contributed by atoms with Gasteiger partial charge < -0.3 is 5.73 Å². The smallest absolute Gasteiger partial charge is 0.264 e. The highest BCUT2D eigenvalue weighted by molar-refractivity contribution is 7.90. The zero-order valence-corrected chi connectivity index (χ0v) is 10.1. The van der Waals surface area contributed by atoms with Crippen LogP contribution in [0.2, 0.25) is 0 Å². The maximum Gasteiger partial charge on any atom is 0.264 e. The van der Waals surface area contributed by atoms with E-state index in [1.165, 1.54) is 12.1 Å². The monoisotopic (exact) mass is 260 g/mol. The molecule has 0 aliphatic carbocycles. The van der Waals surface area contributed by atoms with Gasteiger partial charge in [-0.3, -0.25) is 4.79 Å². The average Bonchev–Trinajstić information content (AvgIpc) is 2.21. The van der Waals surface area contributed by atoms with E-state index >= 15 is 0 Å². The molecule has 7 heteroatoms. The number of nitrogens with two attached hydrogens (primary N) is 1. The van der Waals surface area contributed by atoms with Crippen molar-refractivity contribution in [3.8, 4) is 0 Å². The molecular weight excluding hydrogens is 247 g/mol. The minimum atomic E-state index is -3.66. The number of halogens is 1. The van der Waals surface area contributed by atoms with Crippen LogP contribution >= 0.6 is 0 Å². The number of amides is 1. The van der Waals surface area contributed by atoms with Crippen molar-refractivity contribution in [1.82, 2.24) is 4.72 Å². The van der Waals surface area contributed by atoms with Crippen LogP contribution in [-0.4, -0.2) is 20.1 Å². The van der Waals surface area contributed by atoms with Crippen LogP contribution in [0.1, 0.15) is 23.7 Å². The van der Waals surface area contributed by atoms with Crippen molar-refractivity contribution in [2.45, 2.75) is 13.3 Å². The first kappa shape index (κ1) is 13.4. The molecule has 0 unspecified atom stereocenters. The lowest BCUT2D eigenvalue weighted by Gasteiger charge is -2.06. The number of nitrogens with one attached hydrogen (secondary N) is 1. The fraction of sp³-hybridized carbons (Fsp3) is 0.300. The summed E-state index contributed by atoms with van der Waals surface area (Å²) in [6, 6.07) is 3.36. The van der Waals surface area contributed by atoms with Gasteiger partial charge in [0.25, 0.3) is 5.91 Å². The van der Waals surface area contributed by atoms with Crippen molar-refractivity contribution in [3.05, 3.63) is 29.6 Å². The highest BCUT2D eigenvalue weighted by Gasteiger charge is 2.15. The Bertz CT molecular complexity index is 528. The third-order valence-corrected chi connectivity index (χ3v) is 3.43. The standard InChI is InChI=1S/C10H13FN2O3S/c1-2-5-17(15,16)13-10(14)7-3-4-9(12)8(11)6-7/h3-4,6H,2,5,12H2,1H3,(H,13,14). The summed E-state index contributed by atoms with van der Waals surface area (Å²) in [6.07, 6.45) is 0.388. The van der Waals surface area contributed by atoms with E-state index < -0.39 is 21.7 Å². The van der Waals surface area contributed by atoms with Gasteiger partial charge in [0.05, 0.1) is 11.4 Å². The van der Waals surface area contributed by atoms with Gasteiger partial charge in [-0.25, -0.2) is 17.5 Å². The fourth-order valence-electron chi connectivity index (χ4n) is 1.19. The lowest BCUT2D eigenvalue weighted by atomic mass is 10.2. The molecule has 0 bridgehead atoms. The molecule has 0 heterocycles. The van der Waals surface area contributed by atoms with Gasteiger partial charge in [-0.2, -0.15) is 0 Å². The number of benzene rings is 1. The van der Waals surface area contributed by atoms with Gasteiger partial charge in [0.1, 0.15) is 5.82 Å². The van der Waals surface area contributed by atoms with Crippen LogP contribution in [0, 0.1) is 5.82 Å². The number of hydrogen-bond donors (Lipinski definition) is 2. The van der Waals surface area contributed by atoms with E-state index in [1.54, 1.807) is 6.92 Å². The molecule has 1 rings (SSSR count). The maximum absolute atomic E-state index is 13.1. The first-order valence-electron chi connectivity index (χ1n) is 4.95. The van der Waals surface area contributed by atoms with Gasteiger partial charge in [0.15, 0.2) is 0 Å². The largest absolute Gasteiger partial charge is 0.396 e. The molecule has 3 N–H and O–H groups in total. The van der Waals surface area contributed by atoms with Gasteiger partial charge in [-0.15, -0.1) is 0 Å². The fourth-order valence-corrected chi connectivity index (χ4v) is 2.23. The lowest BCUT2D eigenvalue weighted by Crippen LogP contribution is -2.32. The molecule has 0 saturated carbocycles. The molecular formula is C10H13FN2O3S. The Morgan fingerprint density at radius 3 is 2.65 bits per heavy atom. The Balaban J connectivity index is 2.87. The van der Waals surface area contributed by atoms with Crippen LogP contribution in [0.15, 0.2) is 18.2 Å². The van der Waals surface area contributed by atoms with Crippen LogP contribution in [0.3, 0.4) is 0 Å². The van der Waals surface area contributed by atoms with Crippen LogP contribution in [-0.2, 0) is 10.0 Å². The number of sulfonamides is 1. The van der Waals surface area contributed by atoms with Crippen LogP contribution < -0.4 is 10.5 Å². The minimum Gasteiger partial charge on any atom is -0.396 e. The van der Waals surface area contributed by atoms with Crippen LogP contribution in [0.25, 0.3) is 0 Å². The van der Waals surface area contributed by atoms with Gasteiger partial charge in [0, 0.05) is 5.56 Å². The number of rotatable bonds is 4. The Morgan fingerprint density at radius 1 is 1.47 bits per heavy atom. The first-order valence-corrected chi connectivity index (χ1v) is 6.61. The van der Waals surface area contributed by atoms with Gasteiger partial charge in [-0.1, -0.05) is 6.92 Å². The molecule has 1 aromatic carbocycles. The second kappa shape index (κ2) is 5.13. The highest BCUT2D eigenvalue weighted by atomic mass is 32.2. The third-order valence-electron chi connectivity index (χ3n) is 1.98. The molecule has 1 amide bonds. The third kappa shape index (κ3) is 3.70. The van der Waals surface area contributed by atoms with Gasteiger partial charge in [-0.05, 0) is 24.6 Å². The van der Waals surface area contributed by atoms with Crippen molar-refractivity contribution in [2.24, 2.45) is 0 Å². The highest BCUT2D eigenvalue weighted by Crippen LogP contribution is 2.12. The molecule has 0 saturated heterocycles. The van der Waals surface area contributed by atoms with Crippen molar-refractivity contribution < 1.29 is 17.6 Å². The molecule has 5 nitrogen and oxygen atoms in total. The Labute approximate surface area is 98.9 Å². The minimum absolute atomic E-state index is 0.0867. The van der Waals surface area contributed by atoms with Crippen molar-refractivity contribution in [2.75, 3.05) is 11.5 Å². The first-order chi connectivity index (χ1) is 7.85. The molecule has 0 aromatic heterocycles. The van der Waals surface area contributed by atoms with Gasteiger partial charge >= 0.3 is 0 Å². The number of nitrogen functional groups attached to an aromatic ring is 1. The summed E-state index contributed by atoms with van der Waals surface area (Å²) in [6.45, 7) is 1.67. The van der Waals surface area contributed by atoms with E-state index in [0.29, 0.717) is 6.42 Å². The van der Waals surface area contributed by atoms with Crippen molar-refractivity contribution >= 4 is 21.6 Å². The Morgan fingerprint density at radius 2 is 2.12 bits per heavy atom. The molecule has 0 radical (unpaired) electrons. The van der Waals surface area contributed by atoms with Crippen LogP contribution in [0.4, 0.5) is 10.1 Å².